The second kappa shape index (κ2) is 5.75. The van der Waals surface area contributed by atoms with Gasteiger partial charge in [-0.3, -0.25) is 10.4 Å². The second-order valence-corrected chi connectivity index (χ2v) is 4.34. The van der Waals surface area contributed by atoms with E-state index in [1.807, 2.05) is 19.1 Å². The van der Waals surface area contributed by atoms with Gasteiger partial charge >= 0.3 is 6.09 Å². The predicted molar refractivity (Wildman–Crippen MR) is 74.4 cm³/mol. The lowest BCUT2D eigenvalue weighted by molar-refractivity contribution is 0.187. The maximum atomic E-state index is 11.4. The first-order valence-corrected chi connectivity index (χ1v) is 6.21. The molecule has 19 heavy (non-hydrogen) atoms. The van der Waals surface area contributed by atoms with Gasteiger partial charge < -0.3 is 4.74 Å². The van der Waals surface area contributed by atoms with Gasteiger partial charge in [0.15, 0.2) is 0 Å². The molecule has 1 amide bonds. The number of ether oxygens (including phenoxy) is 1. The molecule has 2 aromatic rings. The van der Waals surface area contributed by atoms with E-state index in [0.717, 1.165) is 17.7 Å². The van der Waals surface area contributed by atoms with Gasteiger partial charge in [0.25, 0.3) is 0 Å². The molecule has 0 aliphatic rings. The third-order valence-corrected chi connectivity index (χ3v) is 2.98. The highest BCUT2D eigenvalue weighted by molar-refractivity contribution is 6.30. The number of halogens is 1. The number of anilines is 1. The number of aryl methyl sites for hydroxylation is 1. The number of carbonyl (C=O) groups excluding carboxylic acids is 1. The summed E-state index contributed by atoms with van der Waals surface area (Å²) in [5.41, 5.74) is 3.01. The fourth-order valence-corrected chi connectivity index (χ4v) is 1.86. The van der Waals surface area contributed by atoms with Gasteiger partial charge in [0.05, 0.1) is 18.5 Å². The fourth-order valence-electron chi connectivity index (χ4n) is 1.74. The van der Waals surface area contributed by atoms with Crippen LogP contribution < -0.4 is 5.32 Å². The highest BCUT2D eigenvalue weighted by Crippen LogP contribution is 2.30. The van der Waals surface area contributed by atoms with Crippen LogP contribution in [0.2, 0.25) is 5.02 Å². The first-order valence-electron chi connectivity index (χ1n) is 5.83. The van der Waals surface area contributed by atoms with Crippen LogP contribution >= 0.6 is 11.6 Å². The zero-order chi connectivity index (χ0) is 13.8. The standard InChI is InChI=1S/C13H14ClN3O2/c1-3-10-12(15-13(18)19-2)11(17-16-10)8-4-6-9(14)7-5-8/h4-7H,3H2,1-2H3,(H,15,18)(H,16,17). The molecule has 0 aliphatic heterocycles. The zero-order valence-electron chi connectivity index (χ0n) is 10.7. The molecule has 0 aliphatic carbocycles. The van der Waals surface area contributed by atoms with E-state index in [0.29, 0.717) is 16.4 Å². The third kappa shape index (κ3) is 2.88. The van der Waals surface area contributed by atoms with Crippen molar-refractivity contribution in [2.24, 2.45) is 0 Å². The summed E-state index contributed by atoms with van der Waals surface area (Å²) in [6.45, 7) is 1.97. The van der Waals surface area contributed by atoms with Crippen molar-refractivity contribution in [3.8, 4) is 11.3 Å². The minimum absolute atomic E-state index is 0.522. The van der Waals surface area contributed by atoms with E-state index in [-0.39, 0.29) is 0 Å². The molecule has 1 aromatic carbocycles. The minimum Gasteiger partial charge on any atom is -0.453 e. The molecule has 2 rings (SSSR count). The molecule has 2 N–H and O–H groups in total. The van der Waals surface area contributed by atoms with E-state index in [9.17, 15) is 4.79 Å². The van der Waals surface area contributed by atoms with Gasteiger partial charge in [0, 0.05) is 10.6 Å². The van der Waals surface area contributed by atoms with Gasteiger partial charge in [-0.05, 0) is 18.6 Å². The summed E-state index contributed by atoms with van der Waals surface area (Å²) in [5, 5.41) is 10.5. The maximum absolute atomic E-state index is 11.4. The Morgan fingerprint density at radius 3 is 2.68 bits per heavy atom. The second-order valence-electron chi connectivity index (χ2n) is 3.90. The molecule has 0 spiro atoms. The van der Waals surface area contributed by atoms with Crippen LogP contribution in [0.1, 0.15) is 12.6 Å². The van der Waals surface area contributed by atoms with Crippen molar-refractivity contribution in [3.05, 3.63) is 35.0 Å². The zero-order valence-corrected chi connectivity index (χ0v) is 11.4. The highest BCUT2D eigenvalue weighted by Gasteiger charge is 2.16. The fraction of sp³-hybridized carbons (Fsp3) is 0.231. The van der Waals surface area contributed by atoms with Gasteiger partial charge in [-0.25, -0.2) is 4.79 Å². The van der Waals surface area contributed by atoms with Crippen molar-refractivity contribution in [3.63, 3.8) is 0 Å². The summed E-state index contributed by atoms with van der Waals surface area (Å²) in [7, 11) is 1.32. The van der Waals surface area contributed by atoms with Gasteiger partial charge in [-0.15, -0.1) is 0 Å². The molecular formula is C13H14ClN3O2. The molecule has 0 saturated heterocycles. The van der Waals surface area contributed by atoms with Gasteiger partial charge in [0.1, 0.15) is 5.69 Å². The van der Waals surface area contributed by atoms with Crippen LogP contribution in [0.5, 0.6) is 0 Å². The summed E-state index contributed by atoms with van der Waals surface area (Å²) >= 11 is 5.86. The Labute approximate surface area is 115 Å². The molecule has 100 valence electrons. The first-order chi connectivity index (χ1) is 9.15. The van der Waals surface area contributed by atoms with Crippen molar-refractivity contribution >= 4 is 23.4 Å². The first kappa shape index (κ1) is 13.4. The van der Waals surface area contributed by atoms with E-state index in [1.54, 1.807) is 12.1 Å². The summed E-state index contributed by atoms with van der Waals surface area (Å²) < 4.78 is 4.62. The molecule has 1 aromatic heterocycles. The van der Waals surface area contributed by atoms with Crippen LogP contribution in [0.3, 0.4) is 0 Å². The van der Waals surface area contributed by atoms with Crippen molar-refractivity contribution < 1.29 is 9.53 Å². The number of carbonyl (C=O) groups is 1. The molecule has 0 unspecified atom stereocenters. The van der Waals surface area contributed by atoms with Crippen LogP contribution in [-0.4, -0.2) is 23.4 Å². The molecule has 0 fully saturated rings. The Morgan fingerprint density at radius 2 is 2.11 bits per heavy atom. The Hall–Kier alpha value is -2.01. The Balaban J connectivity index is 2.42. The van der Waals surface area contributed by atoms with Gasteiger partial charge in [0.2, 0.25) is 0 Å². The summed E-state index contributed by atoms with van der Waals surface area (Å²) in [6.07, 6.45) is 0.200. The van der Waals surface area contributed by atoms with Crippen LogP contribution in [0.25, 0.3) is 11.3 Å². The van der Waals surface area contributed by atoms with Crippen molar-refractivity contribution in [1.82, 2.24) is 10.2 Å². The van der Waals surface area contributed by atoms with Gasteiger partial charge in [-0.1, -0.05) is 30.7 Å². The van der Waals surface area contributed by atoms with Gasteiger partial charge in [-0.2, -0.15) is 5.10 Å². The summed E-state index contributed by atoms with van der Waals surface area (Å²) in [6, 6.07) is 7.25. The number of methoxy groups -OCH3 is 1. The lowest BCUT2D eigenvalue weighted by Crippen LogP contribution is -2.12. The van der Waals surface area contributed by atoms with Crippen molar-refractivity contribution in [2.45, 2.75) is 13.3 Å². The highest BCUT2D eigenvalue weighted by atomic mass is 35.5. The largest absolute Gasteiger partial charge is 0.453 e. The number of benzene rings is 1. The molecule has 0 radical (unpaired) electrons. The van der Waals surface area contributed by atoms with Crippen LogP contribution in [0.15, 0.2) is 24.3 Å². The number of aromatic nitrogens is 2. The van der Waals surface area contributed by atoms with Crippen LogP contribution in [0, 0.1) is 0 Å². The number of hydrogen-bond donors (Lipinski definition) is 2. The number of amides is 1. The van der Waals surface area contributed by atoms with Crippen molar-refractivity contribution in [2.75, 3.05) is 12.4 Å². The average Bonchev–Trinajstić information content (AvgIpc) is 2.82. The molecule has 5 nitrogen and oxygen atoms in total. The van der Waals surface area contributed by atoms with Crippen LogP contribution in [0.4, 0.5) is 10.5 Å². The number of nitrogens with zero attached hydrogens (tertiary/aromatic N) is 1. The normalized spacial score (nSPS) is 10.3. The molecule has 0 atom stereocenters. The van der Waals surface area contributed by atoms with Crippen molar-refractivity contribution in [1.29, 1.82) is 0 Å². The Kier molecular flexibility index (Phi) is 4.06. The van der Waals surface area contributed by atoms with E-state index in [2.05, 4.69) is 20.3 Å². The number of hydrogen-bond acceptors (Lipinski definition) is 3. The summed E-state index contributed by atoms with van der Waals surface area (Å²) in [4.78, 5) is 11.4. The number of nitrogens with one attached hydrogen (secondary N) is 2. The monoisotopic (exact) mass is 279 g/mol. The molecule has 6 heteroatoms. The van der Waals surface area contributed by atoms with E-state index in [1.165, 1.54) is 7.11 Å². The number of H-pyrrole nitrogens is 1. The molecule has 0 bridgehead atoms. The predicted octanol–water partition coefficient (Wildman–Crippen LogP) is 3.47. The number of rotatable bonds is 3. The number of aromatic amines is 1. The van der Waals surface area contributed by atoms with E-state index in [4.69, 9.17) is 11.6 Å². The SMILES string of the molecule is CCc1[nH]nc(-c2ccc(Cl)cc2)c1NC(=O)OC. The Bertz CT molecular complexity index is 578. The maximum Gasteiger partial charge on any atom is 0.411 e. The molecule has 1 heterocycles. The molecular weight excluding hydrogens is 266 g/mol. The lowest BCUT2D eigenvalue weighted by Gasteiger charge is -2.06. The topological polar surface area (TPSA) is 67.0 Å². The van der Waals surface area contributed by atoms with Crippen LogP contribution in [-0.2, 0) is 11.2 Å². The summed E-state index contributed by atoms with van der Waals surface area (Å²) in [5.74, 6) is 0. The van der Waals surface area contributed by atoms with E-state index >= 15 is 0 Å². The quantitative estimate of drug-likeness (QED) is 0.904. The smallest absolute Gasteiger partial charge is 0.411 e. The lowest BCUT2D eigenvalue weighted by atomic mass is 10.1. The third-order valence-electron chi connectivity index (χ3n) is 2.72. The Morgan fingerprint density at radius 1 is 1.42 bits per heavy atom. The van der Waals surface area contributed by atoms with E-state index < -0.39 is 6.09 Å². The minimum atomic E-state index is -0.522. The average molecular weight is 280 g/mol. The molecule has 0 saturated carbocycles.